The van der Waals surface area contributed by atoms with Gasteiger partial charge in [0.05, 0.1) is 17.3 Å². The summed E-state index contributed by atoms with van der Waals surface area (Å²) < 4.78 is 5.33. The second kappa shape index (κ2) is 8.33. The fourth-order valence-corrected chi connectivity index (χ4v) is 3.14. The van der Waals surface area contributed by atoms with Crippen LogP contribution >= 0.6 is 11.8 Å². The van der Waals surface area contributed by atoms with Crippen LogP contribution in [-0.2, 0) is 14.3 Å². The van der Waals surface area contributed by atoms with Crippen molar-refractivity contribution in [1.29, 1.82) is 0 Å². The van der Waals surface area contributed by atoms with Gasteiger partial charge in [-0.05, 0) is 32.4 Å². The van der Waals surface area contributed by atoms with Crippen molar-refractivity contribution in [2.75, 3.05) is 0 Å². The van der Waals surface area contributed by atoms with Crippen molar-refractivity contribution in [1.82, 2.24) is 0 Å². The molecule has 0 aromatic heterocycles. The molecular weight excluding hydrogens is 346 g/mol. The van der Waals surface area contributed by atoms with Gasteiger partial charge in [-0.2, -0.15) is 0 Å². The molecule has 0 saturated carbocycles. The summed E-state index contributed by atoms with van der Waals surface area (Å²) in [6, 6.07) is 4.17. The van der Waals surface area contributed by atoms with Crippen LogP contribution in [0, 0.1) is 10.1 Å². The van der Waals surface area contributed by atoms with Gasteiger partial charge >= 0.3 is 11.9 Å². The Kier molecular flexibility index (Phi) is 6.98. The highest BCUT2D eigenvalue weighted by atomic mass is 32.2. The lowest BCUT2D eigenvalue weighted by molar-refractivity contribution is -0.385. The van der Waals surface area contributed by atoms with Crippen molar-refractivity contribution in [3.63, 3.8) is 0 Å². The third-order valence-electron chi connectivity index (χ3n) is 3.01. The van der Waals surface area contributed by atoms with E-state index in [1.54, 1.807) is 26.8 Å². The van der Waals surface area contributed by atoms with E-state index < -0.39 is 34.8 Å². The van der Waals surface area contributed by atoms with Crippen molar-refractivity contribution >= 4 is 29.4 Å². The topological polar surface area (TPSA) is 107 Å². The molecule has 0 bridgehead atoms. The maximum Gasteiger partial charge on any atom is 0.314 e. The van der Waals surface area contributed by atoms with Gasteiger partial charge in [-0.3, -0.25) is 19.7 Å². The summed E-state index contributed by atoms with van der Waals surface area (Å²) in [6.07, 6.45) is -0.498. The van der Waals surface area contributed by atoms with Gasteiger partial charge in [-0.1, -0.05) is 13.8 Å². The van der Waals surface area contributed by atoms with Crippen LogP contribution in [0.1, 0.15) is 52.5 Å². The van der Waals surface area contributed by atoms with Gasteiger partial charge in [0.15, 0.2) is 0 Å². The van der Waals surface area contributed by atoms with Crippen molar-refractivity contribution < 1.29 is 24.4 Å². The molecule has 0 heterocycles. The molecule has 8 heteroatoms. The van der Waals surface area contributed by atoms with Crippen molar-refractivity contribution in [2.45, 2.75) is 62.7 Å². The number of carboxylic acid groups (broad SMARTS) is 1. The van der Waals surface area contributed by atoms with Crippen LogP contribution in [0.25, 0.3) is 0 Å². The average Bonchev–Trinajstić information content (AvgIpc) is 2.42. The summed E-state index contributed by atoms with van der Waals surface area (Å²) in [7, 11) is 0. The number of rotatable bonds is 7. The molecule has 1 aromatic carbocycles. The van der Waals surface area contributed by atoms with Crippen molar-refractivity contribution in [2.24, 2.45) is 0 Å². The van der Waals surface area contributed by atoms with E-state index in [-0.39, 0.29) is 10.9 Å². The number of carbonyl (C=O) groups excluding carboxylic acids is 1. The van der Waals surface area contributed by atoms with Gasteiger partial charge in [0, 0.05) is 22.3 Å². The molecule has 0 fully saturated rings. The molecule has 0 aliphatic rings. The minimum absolute atomic E-state index is 0.157. The molecule has 0 radical (unpaired) electrons. The Morgan fingerprint density at radius 1 is 1.32 bits per heavy atom. The smallest absolute Gasteiger partial charge is 0.314 e. The number of esters is 1. The summed E-state index contributed by atoms with van der Waals surface area (Å²) in [5, 5.41) is 20.4. The monoisotopic (exact) mass is 369 g/mol. The maximum atomic E-state index is 12.5. The zero-order chi connectivity index (χ0) is 19.4. The number of aliphatic carboxylic acids is 1. The predicted molar refractivity (Wildman–Crippen MR) is 94.9 cm³/mol. The highest BCUT2D eigenvalue weighted by molar-refractivity contribution is 8.00. The molecule has 138 valence electrons. The molecule has 1 rings (SSSR count). The first kappa shape index (κ1) is 21.0. The number of thioether (sulfide) groups is 1. The van der Waals surface area contributed by atoms with Gasteiger partial charge in [-0.15, -0.1) is 11.8 Å². The molecule has 1 N–H and O–H groups in total. The fourth-order valence-electron chi connectivity index (χ4n) is 2.15. The van der Waals surface area contributed by atoms with Crippen LogP contribution in [0.5, 0.6) is 0 Å². The van der Waals surface area contributed by atoms with E-state index in [2.05, 4.69) is 0 Å². The molecule has 0 aliphatic carbocycles. The van der Waals surface area contributed by atoms with Gasteiger partial charge < -0.3 is 9.84 Å². The van der Waals surface area contributed by atoms with E-state index in [0.29, 0.717) is 10.5 Å². The first-order valence-corrected chi connectivity index (χ1v) is 8.68. The Hall–Kier alpha value is -2.09. The van der Waals surface area contributed by atoms with Gasteiger partial charge in [0.25, 0.3) is 5.69 Å². The van der Waals surface area contributed by atoms with Crippen LogP contribution < -0.4 is 0 Å². The molecule has 0 saturated heterocycles. The lowest BCUT2D eigenvalue weighted by Crippen LogP contribution is -2.29. The van der Waals surface area contributed by atoms with E-state index in [9.17, 15) is 24.8 Å². The van der Waals surface area contributed by atoms with Crippen molar-refractivity contribution in [3.05, 3.63) is 33.9 Å². The van der Waals surface area contributed by atoms with E-state index in [0.717, 1.165) is 0 Å². The lowest BCUT2D eigenvalue weighted by Gasteiger charge is -2.24. The molecule has 0 spiro atoms. The number of ether oxygens (including phenoxy) is 1. The second-order valence-corrected chi connectivity index (χ2v) is 8.45. The SMILES string of the molecule is CC(C)Sc1ccc([N+](=O)[O-])cc1C(CC(=O)O)C(=O)OC(C)(C)C. The van der Waals surface area contributed by atoms with E-state index in [1.165, 1.54) is 23.9 Å². The van der Waals surface area contributed by atoms with Gasteiger partial charge in [-0.25, -0.2) is 0 Å². The number of nitro benzene ring substituents is 1. The molecule has 1 aromatic rings. The second-order valence-electron chi connectivity index (χ2n) is 6.83. The summed E-state index contributed by atoms with van der Waals surface area (Å²) in [4.78, 5) is 35.0. The number of non-ortho nitro benzene ring substituents is 1. The van der Waals surface area contributed by atoms with Gasteiger partial charge in [0.1, 0.15) is 5.60 Å². The first-order chi connectivity index (χ1) is 11.4. The molecule has 25 heavy (non-hydrogen) atoms. The Morgan fingerprint density at radius 3 is 2.36 bits per heavy atom. The average molecular weight is 369 g/mol. The first-order valence-electron chi connectivity index (χ1n) is 7.80. The highest BCUT2D eigenvalue weighted by Gasteiger charge is 2.32. The summed E-state index contributed by atoms with van der Waals surface area (Å²) in [6.45, 7) is 8.92. The van der Waals surface area contributed by atoms with Crippen LogP contribution in [0.15, 0.2) is 23.1 Å². The normalized spacial score (nSPS) is 12.7. The number of hydrogen-bond donors (Lipinski definition) is 1. The third-order valence-corrected chi connectivity index (χ3v) is 4.11. The largest absolute Gasteiger partial charge is 0.481 e. The quantitative estimate of drug-likeness (QED) is 0.335. The minimum atomic E-state index is -1.18. The molecule has 0 amide bonds. The number of nitrogens with zero attached hydrogens (tertiary/aromatic N) is 1. The summed E-state index contributed by atoms with van der Waals surface area (Å²) in [5.41, 5.74) is -0.675. The Bertz CT molecular complexity index is 666. The summed E-state index contributed by atoms with van der Waals surface area (Å²) in [5.74, 6) is -3.00. The van der Waals surface area contributed by atoms with Gasteiger partial charge in [0.2, 0.25) is 0 Å². The third kappa shape index (κ3) is 6.74. The highest BCUT2D eigenvalue weighted by Crippen LogP contribution is 2.36. The Morgan fingerprint density at radius 2 is 1.92 bits per heavy atom. The molecular formula is C17H23NO6S. The lowest BCUT2D eigenvalue weighted by atomic mass is 9.95. The molecule has 1 unspecified atom stereocenters. The standard InChI is InChI=1S/C17H23NO6S/c1-10(2)25-14-7-6-11(18(22)23)8-12(14)13(9-15(19)20)16(21)24-17(3,4)5/h6-8,10,13H,9H2,1-5H3,(H,19,20). The predicted octanol–water partition coefficient (Wildman–Crippen LogP) is 4.00. The van der Waals surface area contributed by atoms with E-state index >= 15 is 0 Å². The number of carboxylic acids is 1. The number of carbonyl (C=O) groups is 2. The zero-order valence-corrected chi connectivity index (χ0v) is 15.8. The summed E-state index contributed by atoms with van der Waals surface area (Å²) >= 11 is 1.41. The number of benzene rings is 1. The van der Waals surface area contributed by atoms with Crippen LogP contribution in [0.4, 0.5) is 5.69 Å². The van der Waals surface area contributed by atoms with E-state index in [1.807, 2.05) is 13.8 Å². The van der Waals surface area contributed by atoms with Crippen LogP contribution in [-0.4, -0.2) is 32.8 Å². The van der Waals surface area contributed by atoms with Crippen LogP contribution in [0.3, 0.4) is 0 Å². The number of hydrogen-bond acceptors (Lipinski definition) is 6. The van der Waals surface area contributed by atoms with E-state index in [4.69, 9.17) is 4.74 Å². The zero-order valence-electron chi connectivity index (χ0n) is 14.9. The number of nitro groups is 1. The molecule has 7 nitrogen and oxygen atoms in total. The molecule has 1 atom stereocenters. The fraction of sp³-hybridized carbons (Fsp3) is 0.529. The molecule has 0 aliphatic heterocycles. The minimum Gasteiger partial charge on any atom is -0.481 e. The Balaban J connectivity index is 3.43. The van der Waals surface area contributed by atoms with Crippen LogP contribution in [0.2, 0.25) is 0 Å². The maximum absolute atomic E-state index is 12.5. The van der Waals surface area contributed by atoms with Crippen molar-refractivity contribution in [3.8, 4) is 0 Å². The Labute approximate surface area is 150 Å².